The lowest BCUT2D eigenvalue weighted by atomic mass is 10.1. The number of hydrogen-bond acceptors (Lipinski definition) is 4. The van der Waals surface area contributed by atoms with E-state index in [0.29, 0.717) is 17.3 Å². The van der Waals surface area contributed by atoms with Gasteiger partial charge in [-0.15, -0.1) is 0 Å². The fourth-order valence-corrected chi connectivity index (χ4v) is 3.15. The van der Waals surface area contributed by atoms with E-state index in [9.17, 15) is 9.18 Å². The highest BCUT2D eigenvalue weighted by molar-refractivity contribution is 6.31. The lowest BCUT2D eigenvalue weighted by molar-refractivity contribution is 0.102. The van der Waals surface area contributed by atoms with Crippen molar-refractivity contribution in [3.05, 3.63) is 82.5 Å². The van der Waals surface area contributed by atoms with Crippen LogP contribution in [-0.4, -0.2) is 20.9 Å². The van der Waals surface area contributed by atoms with Crippen LogP contribution in [0.25, 0.3) is 11.0 Å². The van der Waals surface area contributed by atoms with Gasteiger partial charge in [-0.3, -0.25) is 4.79 Å². The van der Waals surface area contributed by atoms with Crippen molar-refractivity contribution in [2.45, 2.75) is 13.5 Å². The number of pyridine rings is 2. The maximum Gasteiger partial charge on any atom is 0.259 e. The quantitative estimate of drug-likeness (QED) is 0.436. The number of aromatic nitrogens is 3. The smallest absolute Gasteiger partial charge is 0.259 e. The van der Waals surface area contributed by atoms with Crippen LogP contribution in [0, 0.1) is 12.7 Å². The molecule has 0 saturated heterocycles. The number of fused-ring (bicyclic) bond motifs is 1. The molecule has 1 amide bonds. The van der Waals surface area contributed by atoms with Crippen LogP contribution in [0.1, 0.15) is 21.5 Å². The lowest BCUT2D eigenvalue weighted by Gasteiger charge is -2.12. The third-order valence-electron chi connectivity index (χ3n) is 4.53. The van der Waals surface area contributed by atoms with Crippen molar-refractivity contribution in [3.8, 4) is 0 Å². The van der Waals surface area contributed by atoms with Gasteiger partial charge in [0.25, 0.3) is 5.91 Å². The molecule has 0 aliphatic carbocycles. The second-order valence-electron chi connectivity index (χ2n) is 6.53. The van der Waals surface area contributed by atoms with Crippen molar-refractivity contribution in [3.63, 3.8) is 0 Å². The minimum Gasteiger partial charge on any atom is -0.365 e. The molecule has 29 heavy (non-hydrogen) atoms. The summed E-state index contributed by atoms with van der Waals surface area (Å²) in [6.07, 6.45) is 4.58. The number of nitrogens with one attached hydrogen (secondary N) is 3. The summed E-state index contributed by atoms with van der Waals surface area (Å²) in [5.41, 5.74) is 3.25. The van der Waals surface area contributed by atoms with Gasteiger partial charge in [0.05, 0.1) is 11.8 Å². The second-order valence-corrected chi connectivity index (χ2v) is 6.94. The van der Waals surface area contributed by atoms with Crippen LogP contribution >= 0.6 is 11.6 Å². The van der Waals surface area contributed by atoms with E-state index in [1.54, 1.807) is 24.4 Å². The highest BCUT2D eigenvalue weighted by Gasteiger charge is 2.15. The van der Waals surface area contributed by atoms with Crippen LogP contribution in [0.4, 0.5) is 15.9 Å². The van der Waals surface area contributed by atoms with Crippen LogP contribution in [-0.2, 0) is 6.54 Å². The molecule has 4 rings (SSSR count). The molecule has 6 nitrogen and oxygen atoms in total. The number of aromatic amines is 1. The fourth-order valence-electron chi connectivity index (χ4n) is 2.97. The average Bonchev–Trinajstić information content (AvgIpc) is 3.19. The highest BCUT2D eigenvalue weighted by atomic mass is 35.5. The number of hydrogen-bond donors (Lipinski definition) is 3. The standard InChI is InChI=1S/C21H17ClFN5O/c1-12-2-3-15(9-18(12)22)28-21(29)17-8-14(23)11-27-20(17)26-10-13-4-6-24-19-16(13)5-7-25-19/h2-9,11H,10H2,1H3,(H,24,25)(H,26,27)(H,28,29). The minimum atomic E-state index is -0.598. The molecule has 0 aliphatic rings. The van der Waals surface area contributed by atoms with E-state index in [1.165, 1.54) is 0 Å². The van der Waals surface area contributed by atoms with Crippen molar-refractivity contribution in [1.29, 1.82) is 0 Å². The zero-order chi connectivity index (χ0) is 20.4. The Morgan fingerprint density at radius 2 is 2.07 bits per heavy atom. The zero-order valence-electron chi connectivity index (χ0n) is 15.5. The molecule has 146 valence electrons. The molecule has 3 heterocycles. The molecular weight excluding hydrogens is 393 g/mol. The number of benzene rings is 1. The Bertz CT molecular complexity index is 1210. The largest absolute Gasteiger partial charge is 0.365 e. The Hall–Kier alpha value is -3.45. The van der Waals surface area contributed by atoms with Gasteiger partial charge in [0.15, 0.2) is 0 Å². The highest BCUT2D eigenvalue weighted by Crippen LogP contribution is 2.23. The van der Waals surface area contributed by atoms with Gasteiger partial charge in [0.2, 0.25) is 0 Å². The van der Waals surface area contributed by atoms with Gasteiger partial charge in [-0.25, -0.2) is 14.4 Å². The number of rotatable bonds is 5. The van der Waals surface area contributed by atoms with Crippen molar-refractivity contribution in [2.24, 2.45) is 0 Å². The first kappa shape index (κ1) is 18.9. The van der Waals surface area contributed by atoms with E-state index in [1.807, 2.05) is 25.3 Å². The van der Waals surface area contributed by atoms with Crippen molar-refractivity contribution in [2.75, 3.05) is 10.6 Å². The summed E-state index contributed by atoms with van der Waals surface area (Å²) in [6, 6.07) is 10.1. The number of anilines is 2. The molecule has 0 atom stereocenters. The molecule has 0 radical (unpaired) electrons. The van der Waals surface area contributed by atoms with Gasteiger partial charge < -0.3 is 15.6 Å². The molecule has 0 saturated carbocycles. The van der Waals surface area contributed by atoms with Gasteiger partial charge >= 0.3 is 0 Å². The predicted octanol–water partition coefficient (Wildman–Crippen LogP) is 4.92. The maximum atomic E-state index is 13.8. The second kappa shape index (κ2) is 7.89. The van der Waals surface area contributed by atoms with E-state index in [4.69, 9.17) is 11.6 Å². The minimum absolute atomic E-state index is 0.0982. The summed E-state index contributed by atoms with van der Waals surface area (Å²) >= 11 is 6.11. The van der Waals surface area contributed by atoms with Crippen LogP contribution in [0.15, 0.2) is 55.0 Å². The van der Waals surface area contributed by atoms with E-state index in [0.717, 1.165) is 34.4 Å². The Morgan fingerprint density at radius 1 is 1.21 bits per heavy atom. The van der Waals surface area contributed by atoms with Gasteiger partial charge in [-0.1, -0.05) is 17.7 Å². The average molecular weight is 410 g/mol. The summed E-state index contributed by atoms with van der Waals surface area (Å²) in [7, 11) is 0. The van der Waals surface area contributed by atoms with Crippen LogP contribution in [0.3, 0.4) is 0 Å². The third-order valence-corrected chi connectivity index (χ3v) is 4.93. The number of carbonyl (C=O) groups excluding carboxylic acids is 1. The Labute approximate surface area is 171 Å². The first-order chi connectivity index (χ1) is 14.0. The predicted molar refractivity (Wildman–Crippen MR) is 112 cm³/mol. The molecule has 1 aromatic carbocycles. The van der Waals surface area contributed by atoms with Gasteiger partial charge in [-0.2, -0.15) is 0 Å². The number of aryl methyl sites for hydroxylation is 1. The first-order valence-corrected chi connectivity index (χ1v) is 9.27. The maximum absolute atomic E-state index is 13.8. The van der Waals surface area contributed by atoms with Gasteiger partial charge in [0, 0.05) is 35.0 Å². The molecule has 0 spiro atoms. The van der Waals surface area contributed by atoms with Crippen molar-refractivity contribution < 1.29 is 9.18 Å². The number of H-pyrrole nitrogens is 1. The first-order valence-electron chi connectivity index (χ1n) is 8.89. The summed E-state index contributed by atoms with van der Waals surface area (Å²) in [4.78, 5) is 24.1. The SMILES string of the molecule is Cc1ccc(NC(=O)c2cc(F)cnc2NCc2ccnc3[nH]ccc23)cc1Cl. The monoisotopic (exact) mass is 409 g/mol. The van der Waals surface area contributed by atoms with Crippen molar-refractivity contribution in [1.82, 2.24) is 15.0 Å². The van der Waals surface area contributed by atoms with E-state index < -0.39 is 11.7 Å². The Balaban J connectivity index is 1.57. The lowest BCUT2D eigenvalue weighted by Crippen LogP contribution is -2.16. The molecule has 0 fully saturated rings. The molecule has 0 unspecified atom stereocenters. The molecule has 3 aromatic heterocycles. The van der Waals surface area contributed by atoms with Gasteiger partial charge in [0.1, 0.15) is 17.3 Å². The molecule has 4 aromatic rings. The molecule has 8 heteroatoms. The molecule has 0 bridgehead atoms. The Morgan fingerprint density at radius 3 is 2.90 bits per heavy atom. The molecular formula is C21H17ClFN5O. The van der Waals surface area contributed by atoms with Crippen LogP contribution in [0.5, 0.6) is 0 Å². The van der Waals surface area contributed by atoms with Gasteiger partial charge in [-0.05, 0) is 48.4 Å². The summed E-state index contributed by atoms with van der Waals surface area (Å²) in [5.74, 6) is -0.803. The number of nitrogens with zero attached hydrogens (tertiary/aromatic N) is 2. The number of amides is 1. The zero-order valence-corrected chi connectivity index (χ0v) is 16.2. The van der Waals surface area contributed by atoms with E-state index in [2.05, 4.69) is 25.6 Å². The molecule has 0 aliphatic heterocycles. The number of halogens is 2. The van der Waals surface area contributed by atoms with Crippen LogP contribution in [0.2, 0.25) is 5.02 Å². The fraction of sp³-hybridized carbons (Fsp3) is 0.0952. The Kier molecular flexibility index (Phi) is 5.14. The third kappa shape index (κ3) is 4.05. The molecule has 3 N–H and O–H groups in total. The van der Waals surface area contributed by atoms with Crippen LogP contribution < -0.4 is 10.6 Å². The summed E-state index contributed by atoms with van der Waals surface area (Å²) < 4.78 is 13.8. The topological polar surface area (TPSA) is 82.7 Å². The van der Waals surface area contributed by atoms with E-state index in [-0.39, 0.29) is 11.4 Å². The van der Waals surface area contributed by atoms with Crippen molar-refractivity contribution >= 4 is 40.0 Å². The number of carbonyl (C=O) groups is 1. The summed E-state index contributed by atoms with van der Waals surface area (Å²) in [6.45, 7) is 2.26. The van der Waals surface area contributed by atoms with E-state index >= 15 is 0 Å². The summed E-state index contributed by atoms with van der Waals surface area (Å²) in [5, 5.41) is 7.35. The normalized spacial score (nSPS) is 10.9.